The van der Waals surface area contributed by atoms with E-state index in [0.717, 1.165) is 17.3 Å². The maximum absolute atomic E-state index is 12.3. The van der Waals surface area contributed by atoms with Gasteiger partial charge >= 0.3 is 0 Å². The summed E-state index contributed by atoms with van der Waals surface area (Å²) in [5.41, 5.74) is 0.683. The Morgan fingerprint density at radius 1 is 1.17 bits per heavy atom. The fourth-order valence-electron chi connectivity index (χ4n) is 2.42. The van der Waals surface area contributed by atoms with Crippen molar-refractivity contribution in [3.05, 3.63) is 75.0 Å². The molecular weight excluding hydrogens is 346 g/mol. The van der Waals surface area contributed by atoms with Gasteiger partial charge in [-0.1, -0.05) is 53.7 Å². The zero-order chi connectivity index (χ0) is 17.1. The van der Waals surface area contributed by atoms with E-state index in [9.17, 15) is 14.7 Å². The number of hydrogen-bond acceptors (Lipinski definition) is 4. The van der Waals surface area contributed by atoms with Gasteiger partial charge in [0.2, 0.25) is 5.12 Å². The van der Waals surface area contributed by atoms with Gasteiger partial charge < -0.3 is 10.1 Å². The maximum atomic E-state index is 12.3. The standard InChI is InChI=1S/C18H14ClNO3S/c19-12-6-7-13-14(10-12)20-17(22)15(16(13)21)18(23)24-9-8-11-4-2-1-3-5-11/h1-7,10H,8-9H2,(H2,20,21,22). The zero-order valence-corrected chi connectivity index (χ0v) is 14.2. The number of aryl methyl sites for hydroxylation is 1. The van der Waals surface area contributed by atoms with E-state index >= 15 is 0 Å². The number of thioether (sulfide) groups is 1. The second kappa shape index (κ2) is 7.11. The first-order valence-corrected chi connectivity index (χ1v) is 8.68. The van der Waals surface area contributed by atoms with Gasteiger partial charge in [-0.2, -0.15) is 0 Å². The molecule has 0 bridgehead atoms. The predicted octanol–water partition coefficient (Wildman–Crippen LogP) is 4.00. The van der Waals surface area contributed by atoms with Crippen LogP contribution in [0.25, 0.3) is 10.9 Å². The third kappa shape index (κ3) is 3.47. The number of carbonyl (C=O) groups excluding carboxylic acids is 1. The van der Waals surface area contributed by atoms with Crippen LogP contribution < -0.4 is 5.56 Å². The molecule has 0 unspecified atom stereocenters. The van der Waals surface area contributed by atoms with Gasteiger partial charge in [0.25, 0.3) is 5.56 Å². The van der Waals surface area contributed by atoms with E-state index in [1.807, 2.05) is 30.3 Å². The number of H-pyrrole nitrogens is 1. The first kappa shape index (κ1) is 16.6. The molecule has 0 fully saturated rings. The molecule has 0 radical (unpaired) electrons. The van der Waals surface area contributed by atoms with Crippen LogP contribution in [0.1, 0.15) is 15.9 Å². The Morgan fingerprint density at radius 2 is 1.92 bits per heavy atom. The molecule has 6 heteroatoms. The van der Waals surface area contributed by atoms with Crippen LogP contribution in [0.15, 0.2) is 53.3 Å². The smallest absolute Gasteiger partial charge is 0.264 e. The quantitative estimate of drug-likeness (QED) is 0.738. The molecule has 0 saturated carbocycles. The molecule has 4 nitrogen and oxygen atoms in total. The first-order valence-electron chi connectivity index (χ1n) is 7.32. The van der Waals surface area contributed by atoms with Crippen molar-refractivity contribution < 1.29 is 9.90 Å². The van der Waals surface area contributed by atoms with Crippen molar-refractivity contribution in [3.63, 3.8) is 0 Å². The lowest BCUT2D eigenvalue weighted by atomic mass is 10.1. The summed E-state index contributed by atoms with van der Waals surface area (Å²) in [5, 5.41) is 10.7. The number of carbonyl (C=O) groups is 1. The molecule has 0 saturated heterocycles. The van der Waals surface area contributed by atoms with E-state index in [0.29, 0.717) is 28.1 Å². The molecule has 1 aromatic heterocycles. The van der Waals surface area contributed by atoms with Crippen molar-refractivity contribution in [3.8, 4) is 5.75 Å². The molecule has 0 aliphatic heterocycles. The normalized spacial score (nSPS) is 10.9. The fourth-order valence-corrected chi connectivity index (χ4v) is 3.45. The minimum atomic E-state index is -0.612. The molecule has 3 rings (SSSR count). The van der Waals surface area contributed by atoms with E-state index in [2.05, 4.69) is 4.98 Å². The summed E-state index contributed by atoms with van der Waals surface area (Å²) < 4.78 is 0. The van der Waals surface area contributed by atoms with Crippen LogP contribution in [0, 0.1) is 0 Å². The van der Waals surface area contributed by atoms with Crippen LogP contribution in [-0.2, 0) is 6.42 Å². The van der Waals surface area contributed by atoms with Crippen molar-refractivity contribution in [2.24, 2.45) is 0 Å². The molecule has 0 aliphatic rings. The zero-order valence-electron chi connectivity index (χ0n) is 12.6. The molecule has 0 aliphatic carbocycles. The third-order valence-electron chi connectivity index (χ3n) is 3.62. The highest BCUT2D eigenvalue weighted by Gasteiger charge is 2.19. The number of halogens is 1. The fraction of sp³-hybridized carbons (Fsp3) is 0.111. The van der Waals surface area contributed by atoms with Crippen molar-refractivity contribution in [2.75, 3.05) is 5.75 Å². The average molecular weight is 360 g/mol. The Labute approximate surface area is 147 Å². The predicted molar refractivity (Wildman–Crippen MR) is 98.2 cm³/mol. The third-order valence-corrected chi connectivity index (χ3v) is 4.73. The van der Waals surface area contributed by atoms with E-state index < -0.39 is 10.7 Å². The highest BCUT2D eigenvalue weighted by atomic mass is 35.5. The lowest BCUT2D eigenvalue weighted by Crippen LogP contribution is -2.16. The van der Waals surface area contributed by atoms with E-state index in [-0.39, 0.29) is 11.3 Å². The molecule has 1 heterocycles. The Balaban J connectivity index is 1.82. The van der Waals surface area contributed by atoms with Crippen LogP contribution in [0.3, 0.4) is 0 Å². The number of rotatable bonds is 4. The lowest BCUT2D eigenvalue weighted by Gasteiger charge is -2.07. The van der Waals surface area contributed by atoms with Crippen molar-refractivity contribution in [2.45, 2.75) is 6.42 Å². The molecule has 122 valence electrons. The Hall–Kier alpha value is -2.24. The molecule has 0 amide bonds. The SMILES string of the molecule is O=C(SCCc1ccccc1)c1c(O)c2ccc(Cl)cc2[nH]c1=O. The van der Waals surface area contributed by atoms with Crippen LogP contribution in [0.2, 0.25) is 5.02 Å². The number of nitrogens with one attached hydrogen (secondary N) is 1. The summed E-state index contributed by atoms with van der Waals surface area (Å²) in [5.74, 6) is 0.225. The van der Waals surface area contributed by atoms with Crippen molar-refractivity contribution in [1.29, 1.82) is 0 Å². The number of aromatic amines is 1. The van der Waals surface area contributed by atoms with Gasteiger partial charge in [0.15, 0.2) is 0 Å². The number of benzene rings is 2. The topological polar surface area (TPSA) is 70.2 Å². The van der Waals surface area contributed by atoms with Crippen LogP contribution in [0.5, 0.6) is 5.75 Å². The second-order valence-corrected chi connectivity index (χ2v) is 6.74. The van der Waals surface area contributed by atoms with Crippen LogP contribution >= 0.6 is 23.4 Å². The molecular formula is C18H14ClNO3S. The van der Waals surface area contributed by atoms with Crippen LogP contribution in [0.4, 0.5) is 0 Å². The van der Waals surface area contributed by atoms with E-state index in [1.54, 1.807) is 12.1 Å². The summed E-state index contributed by atoms with van der Waals surface area (Å²) >= 11 is 6.90. The summed E-state index contributed by atoms with van der Waals surface area (Å²) in [6.07, 6.45) is 0.707. The maximum Gasteiger partial charge on any atom is 0.264 e. The Kier molecular flexibility index (Phi) is 4.92. The summed E-state index contributed by atoms with van der Waals surface area (Å²) in [7, 11) is 0. The molecule has 2 N–H and O–H groups in total. The minimum Gasteiger partial charge on any atom is -0.506 e. The van der Waals surface area contributed by atoms with E-state index in [1.165, 1.54) is 6.07 Å². The van der Waals surface area contributed by atoms with Gasteiger partial charge in [-0.05, 0) is 30.2 Å². The highest BCUT2D eigenvalue weighted by molar-refractivity contribution is 8.14. The minimum absolute atomic E-state index is 0.220. The number of aromatic nitrogens is 1. The van der Waals surface area contributed by atoms with E-state index in [4.69, 9.17) is 11.6 Å². The monoisotopic (exact) mass is 359 g/mol. The molecule has 3 aromatic rings. The van der Waals surface area contributed by atoms with Gasteiger partial charge in [-0.15, -0.1) is 0 Å². The van der Waals surface area contributed by atoms with Crippen molar-refractivity contribution >= 4 is 39.4 Å². The summed E-state index contributed by atoms with van der Waals surface area (Å²) in [4.78, 5) is 27.1. The van der Waals surface area contributed by atoms with Gasteiger partial charge in [0, 0.05) is 16.2 Å². The lowest BCUT2D eigenvalue weighted by molar-refractivity contribution is 0.108. The second-order valence-electron chi connectivity index (χ2n) is 5.24. The first-order chi connectivity index (χ1) is 11.6. The molecule has 0 spiro atoms. The Bertz CT molecular complexity index is 954. The van der Waals surface area contributed by atoms with Gasteiger partial charge in [-0.25, -0.2) is 0 Å². The number of aromatic hydroxyl groups is 1. The summed E-state index contributed by atoms with van der Waals surface area (Å²) in [6, 6.07) is 14.5. The van der Waals surface area contributed by atoms with Gasteiger partial charge in [-0.3, -0.25) is 9.59 Å². The number of fused-ring (bicyclic) bond motifs is 1. The van der Waals surface area contributed by atoms with Gasteiger partial charge in [0.1, 0.15) is 11.3 Å². The average Bonchev–Trinajstić information content (AvgIpc) is 2.55. The molecule has 2 aromatic carbocycles. The highest BCUT2D eigenvalue weighted by Crippen LogP contribution is 2.29. The molecule has 24 heavy (non-hydrogen) atoms. The molecule has 0 atom stereocenters. The summed E-state index contributed by atoms with van der Waals surface area (Å²) in [6.45, 7) is 0. The largest absolute Gasteiger partial charge is 0.506 e. The van der Waals surface area contributed by atoms with Gasteiger partial charge in [0.05, 0.1) is 5.52 Å². The number of hydrogen-bond donors (Lipinski definition) is 2. The van der Waals surface area contributed by atoms with Crippen LogP contribution in [-0.4, -0.2) is 21.0 Å². The Morgan fingerprint density at radius 3 is 2.67 bits per heavy atom. The van der Waals surface area contributed by atoms with Crippen molar-refractivity contribution in [1.82, 2.24) is 4.98 Å². The number of pyridine rings is 1.